The number of hydrogen-bond donors (Lipinski definition) is 2. The number of aromatic nitrogens is 1. The number of pyridine rings is 1. The van der Waals surface area contributed by atoms with Gasteiger partial charge >= 0.3 is 5.69 Å². The van der Waals surface area contributed by atoms with Crippen molar-refractivity contribution in [2.75, 3.05) is 5.73 Å². The largest absolute Gasteiger partial charge is 0.385 e. The van der Waals surface area contributed by atoms with Crippen LogP contribution < -0.4 is 10.5 Å². The molecular weight excluding hydrogens is 316 g/mol. The van der Waals surface area contributed by atoms with Crippen LogP contribution in [0.25, 0.3) is 0 Å². The number of hydrogen-bond acceptors (Lipinski definition) is 7. The van der Waals surface area contributed by atoms with E-state index in [0.29, 0.717) is 17.0 Å². The van der Waals surface area contributed by atoms with Crippen molar-refractivity contribution in [3.05, 3.63) is 45.8 Å². The van der Waals surface area contributed by atoms with Crippen molar-refractivity contribution in [1.29, 1.82) is 0 Å². The number of sulfonamides is 1. The molecule has 3 N–H and O–H groups in total. The number of nitrogen functional groups attached to an aromatic ring is 1. The van der Waals surface area contributed by atoms with Crippen molar-refractivity contribution in [1.82, 2.24) is 9.71 Å². The molecule has 2 aromatic heterocycles. The highest BCUT2D eigenvalue weighted by Gasteiger charge is 2.24. The van der Waals surface area contributed by atoms with Gasteiger partial charge in [-0.05, 0) is 18.6 Å². The van der Waals surface area contributed by atoms with Crippen LogP contribution in [0.15, 0.2) is 28.6 Å². The topological polar surface area (TPSA) is 128 Å². The summed E-state index contributed by atoms with van der Waals surface area (Å²) in [5.41, 5.74) is 6.46. The second-order valence-electron chi connectivity index (χ2n) is 4.16. The molecular formula is C11H12N4O4S2. The number of aryl methyl sites for hydroxylation is 1. The van der Waals surface area contributed by atoms with Crippen LogP contribution in [-0.2, 0) is 16.6 Å². The lowest BCUT2D eigenvalue weighted by molar-refractivity contribution is -0.383. The van der Waals surface area contributed by atoms with Gasteiger partial charge in [0.05, 0.1) is 17.2 Å². The molecule has 0 aliphatic carbocycles. The first kappa shape index (κ1) is 15.4. The van der Waals surface area contributed by atoms with Gasteiger partial charge in [0.25, 0.3) is 10.0 Å². The molecule has 0 fully saturated rings. The quantitative estimate of drug-likeness (QED) is 0.631. The van der Waals surface area contributed by atoms with Gasteiger partial charge in [0.1, 0.15) is 4.21 Å². The van der Waals surface area contributed by atoms with E-state index in [1.54, 1.807) is 12.3 Å². The average Bonchev–Trinajstić information content (AvgIpc) is 2.81. The minimum absolute atomic E-state index is 0.000604. The summed E-state index contributed by atoms with van der Waals surface area (Å²) >= 11 is 0.654. The van der Waals surface area contributed by atoms with E-state index in [0.717, 1.165) is 11.6 Å². The Balaban J connectivity index is 2.21. The van der Waals surface area contributed by atoms with Gasteiger partial charge in [0.2, 0.25) is 0 Å². The van der Waals surface area contributed by atoms with Gasteiger partial charge in [-0.25, -0.2) is 13.1 Å². The fourth-order valence-electron chi connectivity index (χ4n) is 1.59. The van der Waals surface area contributed by atoms with Gasteiger partial charge < -0.3 is 5.73 Å². The second-order valence-corrected chi connectivity index (χ2v) is 7.24. The molecule has 10 heteroatoms. The highest BCUT2D eigenvalue weighted by molar-refractivity contribution is 7.91. The minimum atomic E-state index is -3.87. The third-order valence-electron chi connectivity index (χ3n) is 2.73. The van der Waals surface area contributed by atoms with E-state index in [-0.39, 0.29) is 15.8 Å². The van der Waals surface area contributed by atoms with Crippen LogP contribution in [0.4, 0.5) is 10.7 Å². The van der Waals surface area contributed by atoms with Crippen LogP contribution in [0.1, 0.15) is 11.3 Å². The summed E-state index contributed by atoms with van der Waals surface area (Å²) in [5.74, 6) is 0. The van der Waals surface area contributed by atoms with Crippen molar-refractivity contribution in [3.63, 3.8) is 0 Å². The Hall–Kier alpha value is -2.04. The molecule has 2 rings (SSSR count). The van der Waals surface area contributed by atoms with Crippen LogP contribution in [0.5, 0.6) is 0 Å². The lowest BCUT2D eigenvalue weighted by atomic mass is 10.2. The number of nitro groups is 1. The Kier molecular flexibility index (Phi) is 4.21. The van der Waals surface area contributed by atoms with Crippen molar-refractivity contribution < 1.29 is 13.3 Å². The normalized spacial score (nSPS) is 11.5. The lowest BCUT2D eigenvalue weighted by Crippen LogP contribution is -2.23. The highest BCUT2D eigenvalue weighted by Crippen LogP contribution is 2.34. The van der Waals surface area contributed by atoms with Crippen LogP contribution in [0, 0.1) is 17.0 Å². The summed E-state index contributed by atoms with van der Waals surface area (Å²) in [6, 6.07) is 4.51. The van der Waals surface area contributed by atoms with E-state index in [2.05, 4.69) is 9.71 Å². The molecule has 0 spiro atoms. The first-order valence-corrected chi connectivity index (χ1v) is 8.05. The van der Waals surface area contributed by atoms with Crippen molar-refractivity contribution in [2.45, 2.75) is 17.7 Å². The Morgan fingerprint density at radius 1 is 1.52 bits per heavy atom. The van der Waals surface area contributed by atoms with Crippen molar-refractivity contribution in [2.24, 2.45) is 0 Å². The van der Waals surface area contributed by atoms with Crippen LogP contribution in [0.3, 0.4) is 0 Å². The fraction of sp³-hybridized carbons (Fsp3) is 0.182. The summed E-state index contributed by atoms with van der Waals surface area (Å²) in [5, 5.41) is 10.5. The maximum atomic E-state index is 12.1. The maximum absolute atomic E-state index is 12.1. The predicted octanol–water partition coefficient (Wildman–Crippen LogP) is 1.42. The van der Waals surface area contributed by atoms with Gasteiger partial charge in [0.15, 0.2) is 5.00 Å². The average molecular weight is 328 g/mol. The molecule has 0 aromatic carbocycles. The molecule has 0 atom stereocenters. The third-order valence-corrected chi connectivity index (χ3v) is 5.55. The van der Waals surface area contributed by atoms with E-state index < -0.39 is 20.6 Å². The first-order chi connectivity index (χ1) is 9.81. The Labute approximate surface area is 124 Å². The summed E-state index contributed by atoms with van der Waals surface area (Å²) in [4.78, 5) is 14.0. The molecule has 2 aromatic rings. The molecule has 21 heavy (non-hydrogen) atoms. The van der Waals surface area contributed by atoms with Crippen LogP contribution in [-0.4, -0.2) is 18.3 Å². The summed E-state index contributed by atoms with van der Waals surface area (Å²) in [7, 11) is -3.87. The fourth-order valence-corrected chi connectivity index (χ4v) is 3.83. The molecule has 0 unspecified atom stereocenters. The SMILES string of the molecule is Cc1cccnc1CNS(=O)(=O)c1cc([N+](=O)[O-])c(N)s1. The molecule has 0 saturated heterocycles. The number of rotatable bonds is 5. The molecule has 2 heterocycles. The predicted molar refractivity (Wildman–Crippen MR) is 78.4 cm³/mol. The zero-order chi connectivity index (χ0) is 15.6. The molecule has 8 nitrogen and oxygen atoms in total. The van der Waals surface area contributed by atoms with E-state index in [9.17, 15) is 18.5 Å². The summed E-state index contributed by atoms with van der Waals surface area (Å²) in [6.07, 6.45) is 1.56. The number of nitrogens with two attached hydrogens (primary N) is 1. The van der Waals surface area contributed by atoms with Gasteiger partial charge in [0, 0.05) is 12.3 Å². The number of nitrogens with one attached hydrogen (secondary N) is 1. The van der Waals surface area contributed by atoms with Gasteiger partial charge in [-0.2, -0.15) is 0 Å². The Morgan fingerprint density at radius 2 is 2.24 bits per heavy atom. The zero-order valence-corrected chi connectivity index (χ0v) is 12.6. The summed E-state index contributed by atoms with van der Waals surface area (Å²) in [6.45, 7) is 1.81. The van der Waals surface area contributed by atoms with E-state index in [4.69, 9.17) is 5.73 Å². The number of thiophene rings is 1. The van der Waals surface area contributed by atoms with Gasteiger partial charge in [-0.15, -0.1) is 0 Å². The zero-order valence-electron chi connectivity index (χ0n) is 10.9. The molecule has 0 aliphatic rings. The summed E-state index contributed by atoms with van der Waals surface area (Å²) < 4.78 is 26.4. The molecule has 112 valence electrons. The Morgan fingerprint density at radius 3 is 2.81 bits per heavy atom. The van der Waals surface area contributed by atoms with Crippen molar-refractivity contribution in [3.8, 4) is 0 Å². The molecule has 0 amide bonds. The highest BCUT2D eigenvalue weighted by atomic mass is 32.2. The second kappa shape index (κ2) is 5.76. The third kappa shape index (κ3) is 3.35. The first-order valence-electron chi connectivity index (χ1n) is 5.75. The standard InChI is InChI=1S/C11H12N4O4S2/c1-7-3-2-4-13-8(7)6-14-21(18,19)10-5-9(15(16)17)11(12)20-10/h2-5,14H,6,12H2,1H3. The molecule has 0 aliphatic heterocycles. The van der Waals surface area contributed by atoms with Crippen LogP contribution >= 0.6 is 11.3 Å². The molecule has 0 bridgehead atoms. The lowest BCUT2D eigenvalue weighted by Gasteiger charge is -2.06. The minimum Gasteiger partial charge on any atom is -0.385 e. The number of nitrogens with zero attached hydrogens (tertiary/aromatic N) is 2. The van der Waals surface area contributed by atoms with Gasteiger partial charge in [-0.3, -0.25) is 15.1 Å². The molecule has 0 saturated carbocycles. The van der Waals surface area contributed by atoms with Crippen LogP contribution in [0.2, 0.25) is 0 Å². The van der Waals surface area contributed by atoms with E-state index in [1.807, 2.05) is 13.0 Å². The monoisotopic (exact) mass is 328 g/mol. The van der Waals surface area contributed by atoms with E-state index in [1.165, 1.54) is 0 Å². The van der Waals surface area contributed by atoms with E-state index >= 15 is 0 Å². The Bertz CT molecular complexity index is 785. The molecule has 0 radical (unpaired) electrons. The van der Waals surface area contributed by atoms with Gasteiger partial charge in [-0.1, -0.05) is 17.4 Å². The van der Waals surface area contributed by atoms with Crippen molar-refractivity contribution >= 4 is 32.0 Å². The number of anilines is 1. The maximum Gasteiger partial charge on any atom is 0.304 e. The smallest absolute Gasteiger partial charge is 0.304 e.